The Labute approximate surface area is 130 Å². The molecule has 2 aliphatic carbocycles. The average Bonchev–Trinajstić information content (AvgIpc) is 3.00. The van der Waals surface area contributed by atoms with Gasteiger partial charge in [0.1, 0.15) is 0 Å². The predicted molar refractivity (Wildman–Crippen MR) is 87.7 cm³/mol. The fraction of sp³-hybridized carbons (Fsp3) is 1.00. The van der Waals surface area contributed by atoms with Crippen molar-refractivity contribution in [2.75, 3.05) is 20.2 Å². The van der Waals surface area contributed by atoms with Crippen molar-refractivity contribution in [2.45, 2.75) is 94.9 Å². The van der Waals surface area contributed by atoms with Crippen LogP contribution in [0, 0.1) is 0 Å². The Kier molecular flexibility index (Phi) is 4.63. The van der Waals surface area contributed by atoms with Crippen molar-refractivity contribution < 1.29 is 4.74 Å². The van der Waals surface area contributed by atoms with Crippen LogP contribution in [-0.2, 0) is 4.74 Å². The largest absolute Gasteiger partial charge is 0.381 e. The molecule has 3 rings (SSSR count). The fourth-order valence-electron chi connectivity index (χ4n) is 4.95. The zero-order valence-electron chi connectivity index (χ0n) is 14.3. The molecule has 0 radical (unpaired) electrons. The Hall–Kier alpha value is -0.120. The quantitative estimate of drug-likeness (QED) is 0.864. The number of piperazine rings is 1. The monoisotopic (exact) mass is 294 g/mol. The van der Waals surface area contributed by atoms with Gasteiger partial charge >= 0.3 is 0 Å². The molecule has 0 aromatic carbocycles. The third-order valence-electron chi connectivity index (χ3n) is 6.66. The van der Waals surface area contributed by atoms with Crippen molar-refractivity contribution in [1.29, 1.82) is 0 Å². The smallest absolute Gasteiger partial charge is 0.0586 e. The molecule has 3 heteroatoms. The molecule has 3 unspecified atom stereocenters. The van der Waals surface area contributed by atoms with E-state index in [1.54, 1.807) is 0 Å². The molecular weight excluding hydrogens is 260 g/mol. The van der Waals surface area contributed by atoms with Gasteiger partial charge in [-0.3, -0.25) is 4.90 Å². The average molecular weight is 294 g/mol. The van der Waals surface area contributed by atoms with E-state index in [1.165, 1.54) is 70.9 Å². The van der Waals surface area contributed by atoms with Gasteiger partial charge < -0.3 is 10.1 Å². The Morgan fingerprint density at radius 1 is 1.19 bits per heavy atom. The number of ether oxygens (including phenoxy) is 1. The maximum atomic E-state index is 5.70. The second-order valence-electron chi connectivity index (χ2n) is 8.01. The molecule has 1 saturated heterocycles. The van der Waals surface area contributed by atoms with Gasteiger partial charge in [-0.1, -0.05) is 19.8 Å². The molecule has 1 aliphatic heterocycles. The van der Waals surface area contributed by atoms with Crippen LogP contribution in [0.15, 0.2) is 0 Å². The normalized spacial score (nSPS) is 40.7. The molecule has 2 saturated carbocycles. The molecule has 3 fully saturated rings. The lowest BCUT2D eigenvalue weighted by molar-refractivity contribution is -0.0550. The number of rotatable bonds is 3. The summed E-state index contributed by atoms with van der Waals surface area (Å²) in [5.74, 6) is 0. The van der Waals surface area contributed by atoms with Gasteiger partial charge in [0.15, 0.2) is 0 Å². The highest BCUT2D eigenvalue weighted by Crippen LogP contribution is 2.42. The number of nitrogens with zero attached hydrogens (tertiary/aromatic N) is 1. The Morgan fingerprint density at radius 2 is 1.95 bits per heavy atom. The van der Waals surface area contributed by atoms with Crippen LogP contribution in [0.2, 0.25) is 0 Å². The molecule has 0 aromatic rings. The van der Waals surface area contributed by atoms with Gasteiger partial charge in [-0.25, -0.2) is 0 Å². The van der Waals surface area contributed by atoms with Gasteiger partial charge in [0.05, 0.1) is 6.10 Å². The second-order valence-corrected chi connectivity index (χ2v) is 8.01. The second kappa shape index (κ2) is 6.17. The first-order valence-corrected chi connectivity index (χ1v) is 9.15. The lowest BCUT2D eigenvalue weighted by atomic mass is 9.80. The van der Waals surface area contributed by atoms with E-state index in [0.29, 0.717) is 17.2 Å². The number of methoxy groups -OCH3 is 1. The van der Waals surface area contributed by atoms with Crippen molar-refractivity contribution in [2.24, 2.45) is 0 Å². The van der Waals surface area contributed by atoms with E-state index in [-0.39, 0.29) is 0 Å². The van der Waals surface area contributed by atoms with Crippen LogP contribution in [0.4, 0.5) is 0 Å². The van der Waals surface area contributed by atoms with E-state index in [9.17, 15) is 0 Å². The Balaban J connectivity index is 1.79. The third-order valence-corrected chi connectivity index (χ3v) is 6.66. The van der Waals surface area contributed by atoms with Gasteiger partial charge in [-0.05, 0) is 51.9 Å². The van der Waals surface area contributed by atoms with Crippen molar-refractivity contribution in [3.63, 3.8) is 0 Å². The van der Waals surface area contributed by atoms with Crippen LogP contribution in [-0.4, -0.2) is 48.3 Å². The molecule has 3 atom stereocenters. The Bertz CT molecular complexity index is 353. The summed E-state index contributed by atoms with van der Waals surface area (Å²) in [6.45, 7) is 7.17. The van der Waals surface area contributed by atoms with E-state index in [2.05, 4.69) is 24.1 Å². The third kappa shape index (κ3) is 3.02. The first-order valence-electron chi connectivity index (χ1n) is 9.15. The van der Waals surface area contributed by atoms with Crippen LogP contribution in [0.1, 0.15) is 71.6 Å². The van der Waals surface area contributed by atoms with Crippen LogP contribution in [0.25, 0.3) is 0 Å². The summed E-state index contributed by atoms with van der Waals surface area (Å²) in [5, 5.41) is 3.90. The van der Waals surface area contributed by atoms with Crippen LogP contribution in [0.3, 0.4) is 0 Å². The first kappa shape index (κ1) is 15.8. The highest BCUT2D eigenvalue weighted by Gasteiger charge is 2.49. The highest BCUT2D eigenvalue weighted by atomic mass is 16.5. The molecule has 0 aromatic heterocycles. The van der Waals surface area contributed by atoms with Crippen molar-refractivity contribution >= 4 is 0 Å². The standard InChI is InChI=1S/C18H34N2O/c1-4-17(2)14-20(15-8-7-9-16(12-15)21-3)18(13-19-17)10-5-6-11-18/h15-16,19H,4-14H2,1-3H3. The zero-order chi connectivity index (χ0) is 14.9. The van der Waals surface area contributed by atoms with Crippen molar-refractivity contribution in [3.05, 3.63) is 0 Å². The van der Waals surface area contributed by atoms with Gasteiger partial charge in [0, 0.05) is 37.3 Å². The molecule has 0 amide bonds. The summed E-state index contributed by atoms with van der Waals surface area (Å²) in [7, 11) is 1.90. The summed E-state index contributed by atoms with van der Waals surface area (Å²) in [6, 6.07) is 0.745. The van der Waals surface area contributed by atoms with Crippen molar-refractivity contribution in [1.82, 2.24) is 10.2 Å². The lowest BCUT2D eigenvalue weighted by Crippen LogP contribution is -2.70. The number of hydrogen-bond donors (Lipinski definition) is 1. The minimum absolute atomic E-state index is 0.299. The maximum Gasteiger partial charge on any atom is 0.0586 e. The zero-order valence-corrected chi connectivity index (χ0v) is 14.3. The van der Waals surface area contributed by atoms with E-state index in [4.69, 9.17) is 4.74 Å². The van der Waals surface area contributed by atoms with Crippen LogP contribution >= 0.6 is 0 Å². The van der Waals surface area contributed by atoms with Gasteiger partial charge in [-0.2, -0.15) is 0 Å². The fourth-order valence-corrected chi connectivity index (χ4v) is 4.95. The summed E-state index contributed by atoms with van der Waals surface area (Å²) in [5.41, 5.74) is 0.753. The van der Waals surface area contributed by atoms with Gasteiger partial charge in [0.2, 0.25) is 0 Å². The molecule has 122 valence electrons. The summed E-state index contributed by atoms with van der Waals surface area (Å²) in [4.78, 5) is 2.94. The lowest BCUT2D eigenvalue weighted by Gasteiger charge is -2.56. The summed E-state index contributed by atoms with van der Waals surface area (Å²) in [6.07, 6.45) is 12.6. The number of nitrogens with one attached hydrogen (secondary N) is 1. The minimum Gasteiger partial charge on any atom is -0.381 e. The minimum atomic E-state index is 0.299. The molecule has 0 bridgehead atoms. The van der Waals surface area contributed by atoms with E-state index in [0.717, 1.165) is 6.04 Å². The van der Waals surface area contributed by atoms with E-state index < -0.39 is 0 Å². The molecule has 3 nitrogen and oxygen atoms in total. The number of hydrogen-bond acceptors (Lipinski definition) is 3. The summed E-state index contributed by atoms with van der Waals surface area (Å²) >= 11 is 0. The summed E-state index contributed by atoms with van der Waals surface area (Å²) < 4.78 is 5.70. The van der Waals surface area contributed by atoms with Crippen LogP contribution in [0.5, 0.6) is 0 Å². The molecule has 1 heterocycles. The Morgan fingerprint density at radius 3 is 2.62 bits per heavy atom. The van der Waals surface area contributed by atoms with Gasteiger partial charge in [-0.15, -0.1) is 0 Å². The molecule has 21 heavy (non-hydrogen) atoms. The maximum absolute atomic E-state index is 5.70. The molecule has 1 spiro atoms. The van der Waals surface area contributed by atoms with E-state index in [1.807, 2.05) is 7.11 Å². The topological polar surface area (TPSA) is 24.5 Å². The SMILES string of the molecule is CCC1(C)CN(C2CCCC(OC)C2)C2(CCCC2)CN1. The highest BCUT2D eigenvalue weighted by molar-refractivity contribution is 5.07. The van der Waals surface area contributed by atoms with E-state index >= 15 is 0 Å². The van der Waals surface area contributed by atoms with Gasteiger partial charge in [0.25, 0.3) is 0 Å². The molecule has 1 N–H and O–H groups in total. The van der Waals surface area contributed by atoms with Crippen LogP contribution < -0.4 is 5.32 Å². The first-order chi connectivity index (χ1) is 10.1. The molecule has 3 aliphatic rings. The molecular formula is C18H34N2O. The predicted octanol–water partition coefficient (Wildman–Crippen LogP) is 3.33. The van der Waals surface area contributed by atoms with Crippen molar-refractivity contribution in [3.8, 4) is 0 Å².